The van der Waals surface area contributed by atoms with E-state index in [2.05, 4.69) is 14.7 Å². The molecule has 4 nitrogen and oxygen atoms in total. The molecule has 2 aromatic carbocycles. The van der Waals surface area contributed by atoms with Gasteiger partial charge in [0.15, 0.2) is 0 Å². The molecule has 1 fully saturated rings. The third-order valence-electron chi connectivity index (χ3n) is 5.91. The van der Waals surface area contributed by atoms with Crippen molar-refractivity contribution in [3.8, 4) is 0 Å². The van der Waals surface area contributed by atoms with Crippen molar-refractivity contribution in [2.45, 2.75) is 28.8 Å². The summed E-state index contributed by atoms with van der Waals surface area (Å²) >= 11 is 1.41. The number of para-hydroxylation sites is 1. The van der Waals surface area contributed by atoms with Crippen molar-refractivity contribution in [3.63, 3.8) is 0 Å². The summed E-state index contributed by atoms with van der Waals surface area (Å²) in [6.07, 6.45) is -2.32. The number of anilines is 2. The molecular formula is C23H30Cl2F3N3OS. The van der Waals surface area contributed by atoms with Gasteiger partial charge < -0.3 is 14.9 Å². The van der Waals surface area contributed by atoms with E-state index in [0.717, 1.165) is 74.9 Å². The van der Waals surface area contributed by atoms with Gasteiger partial charge in [-0.2, -0.15) is 13.2 Å². The molecule has 0 unspecified atom stereocenters. The Morgan fingerprint density at radius 2 is 1.48 bits per heavy atom. The molecule has 184 valence electrons. The van der Waals surface area contributed by atoms with Crippen LogP contribution in [0.3, 0.4) is 0 Å². The van der Waals surface area contributed by atoms with Crippen LogP contribution in [-0.4, -0.2) is 67.3 Å². The molecule has 33 heavy (non-hydrogen) atoms. The molecule has 0 amide bonds. The van der Waals surface area contributed by atoms with Crippen LogP contribution in [0.1, 0.15) is 18.4 Å². The summed E-state index contributed by atoms with van der Waals surface area (Å²) < 4.78 is 39.7. The van der Waals surface area contributed by atoms with Crippen molar-refractivity contribution in [3.05, 3.63) is 48.0 Å². The fourth-order valence-corrected chi connectivity index (χ4v) is 5.45. The zero-order valence-corrected chi connectivity index (χ0v) is 20.7. The Hall–Kier alpha value is -1.16. The first-order valence-corrected chi connectivity index (χ1v) is 11.6. The lowest BCUT2D eigenvalue weighted by Crippen LogP contribution is -2.34. The standard InChI is InChI=1S/C23H28F3N3OS.2ClH/c24-23(25,26)18-7-8-20-22(17-18)31-21-6-2-1-5-19(21)29(20)12-4-11-27-9-3-10-28(14-13-27)15-16-30;;/h1-2,5-8,17,30H,3-4,9-16H2;2*1H. The van der Waals surface area contributed by atoms with Gasteiger partial charge in [-0.15, -0.1) is 24.8 Å². The highest BCUT2D eigenvalue weighted by Crippen LogP contribution is 2.49. The van der Waals surface area contributed by atoms with Gasteiger partial charge in [0.25, 0.3) is 0 Å². The zero-order chi connectivity index (χ0) is 21.8. The quantitative estimate of drug-likeness (QED) is 0.536. The van der Waals surface area contributed by atoms with E-state index in [1.165, 1.54) is 23.9 Å². The van der Waals surface area contributed by atoms with Crippen molar-refractivity contribution in [2.24, 2.45) is 0 Å². The van der Waals surface area contributed by atoms with E-state index < -0.39 is 11.7 Å². The first-order valence-electron chi connectivity index (χ1n) is 10.8. The maximum atomic E-state index is 13.2. The van der Waals surface area contributed by atoms with Gasteiger partial charge in [0.2, 0.25) is 0 Å². The normalized spacial score (nSPS) is 16.8. The van der Waals surface area contributed by atoms with Crippen molar-refractivity contribution >= 4 is 48.0 Å². The van der Waals surface area contributed by atoms with Gasteiger partial charge in [0, 0.05) is 36.0 Å². The highest BCUT2D eigenvalue weighted by Gasteiger charge is 2.33. The molecular weight excluding hydrogens is 494 g/mol. The predicted molar refractivity (Wildman–Crippen MR) is 133 cm³/mol. The van der Waals surface area contributed by atoms with E-state index in [4.69, 9.17) is 5.11 Å². The summed E-state index contributed by atoms with van der Waals surface area (Å²) in [5.74, 6) is 0. The highest BCUT2D eigenvalue weighted by atomic mass is 35.5. The van der Waals surface area contributed by atoms with Crippen LogP contribution in [0, 0.1) is 0 Å². The number of benzene rings is 2. The Morgan fingerprint density at radius 3 is 2.18 bits per heavy atom. The second kappa shape index (κ2) is 12.5. The molecule has 4 rings (SSSR count). The average Bonchev–Trinajstić information content (AvgIpc) is 2.97. The van der Waals surface area contributed by atoms with E-state index in [9.17, 15) is 13.2 Å². The minimum absolute atomic E-state index is 0. The third-order valence-corrected chi connectivity index (χ3v) is 7.02. The van der Waals surface area contributed by atoms with Gasteiger partial charge in [-0.1, -0.05) is 23.9 Å². The molecule has 0 aromatic heterocycles. The topological polar surface area (TPSA) is 30.0 Å². The summed E-state index contributed by atoms with van der Waals surface area (Å²) in [6, 6.07) is 12.0. The van der Waals surface area contributed by atoms with Gasteiger partial charge in [-0.3, -0.25) is 4.90 Å². The second-order valence-electron chi connectivity index (χ2n) is 8.02. The number of alkyl halides is 3. The van der Waals surface area contributed by atoms with Crippen LogP contribution in [0.25, 0.3) is 0 Å². The van der Waals surface area contributed by atoms with Crippen LogP contribution >= 0.6 is 36.6 Å². The molecule has 10 heteroatoms. The van der Waals surface area contributed by atoms with Crippen LogP contribution in [0.15, 0.2) is 52.3 Å². The maximum Gasteiger partial charge on any atom is 0.416 e. The lowest BCUT2D eigenvalue weighted by atomic mass is 10.1. The van der Waals surface area contributed by atoms with Crippen LogP contribution in [0.5, 0.6) is 0 Å². The number of rotatable bonds is 6. The van der Waals surface area contributed by atoms with E-state index in [1.807, 2.05) is 24.3 Å². The monoisotopic (exact) mass is 523 g/mol. The third kappa shape index (κ3) is 6.93. The lowest BCUT2D eigenvalue weighted by Gasteiger charge is -2.34. The van der Waals surface area contributed by atoms with Crippen molar-refractivity contribution in [1.29, 1.82) is 0 Å². The molecule has 2 aliphatic heterocycles. The fraction of sp³-hybridized carbons (Fsp3) is 0.478. The SMILES string of the molecule is Cl.Cl.OCCN1CCCN(CCCN2c3ccccc3Sc3cc(C(F)(F)F)ccc32)CC1. The Morgan fingerprint density at radius 1 is 0.818 bits per heavy atom. The van der Waals surface area contributed by atoms with Crippen LogP contribution < -0.4 is 4.90 Å². The van der Waals surface area contributed by atoms with Crippen LogP contribution in [-0.2, 0) is 6.18 Å². The summed E-state index contributed by atoms with van der Waals surface area (Å²) in [4.78, 5) is 8.56. The number of halogens is 5. The Bertz CT molecular complexity index is 903. The van der Waals surface area contributed by atoms with Gasteiger partial charge in [-0.25, -0.2) is 0 Å². The highest BCUT2D eigenvalue weighted by molar-refractivity contribution is 7.99. The van der Waals surface area contributed by atoms with Crippen LogP contribution in [0.2, 0.25) is 0 Å². The minimum Gasteiger partial charge on any atom is -0.395 e. The molecule has 0 radical (unpaired) electrons. The number of aliphatic hydroxyl groups is 1. The second-order valence-corrected chi connectivity index (χ2v) is 9.10. The van der Waals surface area contributed by atoms with Gasteiger partial charge >= 0.3 is 6.18 Å². The molecule has 1 N–H and O–H groups in total. The van der Waals surface area contributed by atoms with Gasteiger partial charge in [-0.05, 0) is 62.8 Å². The summed E-state index contributed by atoms with van der Waals surface area (Å²) in [5, 5.41) is 9.16. The Balaban J connectivity index is 0.00000193. The van der Waals surface area contributed by atoms with E-state index in [-0.39, 0.29) is 31.4 Å². The molecule has 0 aliphatic carbocycles. The van der Waals surface area contributed by atoms with Crippen molar-refractivity contribution < 1.29 is 18.3 Å². The first-order chi connectivity index (χ1) is 15.0. The molecule has 0 spiro atoms. The van der Waals surface area contributed by atoms with Crippen molar-refractivity contribution in [1.82, 2.24) is 9.80 Å². The Labute approximate surface area is 209 Å². The predicted octanol–water partition coefficient (Wildman–Crippen LogP) is 5.54. The summed E-state index contributed by atoms with van der Waals surface area (Å²) in [5.41, 5.74) is 1.31. The van der Waals surface area contributed by atoms with Crippen molar-refractivity contribution in [2.75, 3.05) is 57.3 Å². The Kier molecular flexibility index (Phi) is 10.7. The lowest BCUT2D eigenvalue weighted by molar-refractivity contribution is -0.137. The fourth-order valence-electron chi connectivity index (χ4n) is 4.32. The van der Waals surface area contributed by atoms with E-state index >= 15 is 0 Å². The summed E-state index contributed by atoms with van der Waals surface area (Å²) in [7, 11) is 0. The number of aliphatic hydroxyl groups excluding tert-OH is 1. The molecule has 2 aromatic rings. The number of fused-ring (bicyclic) bond motifs is 2. The number of nitrogens with zero attached hydrogens (tertiary/aromatic N) is 3. The van der Waals surface area contributed by atoms with E-state index in [1.54, 1.807) is 6.07 Å². The number of hydrogen-bond acceptors (Lipinski definition) is 5. The molecule has 2 heterocycles. The molecule has 0 atom stereocenters. The summed E-state index contributed by atoms with van der Waals surface area (Å²) in [6.45, 7) is 6.64. The largest absolute Gasteiger partial charge is 0.416 e. The van der Waals surface area contributed by atoms with Gasteiger partial charge in [0.1, 0.15) is 0 Å². The van der Waals surface area contributed by atoms with Gasteiger partial charge in [0.05, 0.1) is 23.5 Å². The first kappa shape index (κ1) is 28.1. The number of hydrogen-bond donors (Lipinski definition) is 1. The molecule has 1 saturated heterocycles. The molecule has 0 saturated carbocycles. The maximum absolute atomic E-state index is 13.2. The zero-order valence-electron chi connectivity index (χ0n) is 18.3. The minimum atomic E-state index is -4.34. The smallest absolute Gasteiger partial charge is 0.395 e. The number of β-amino-alcohol motifs (C(OH)–C–C–N with tert-alkyl or cyclic N) is 1. The molecule has 0 bridgehead atoms. The van der Waals surface area contributed by atoms with Crippen LogP contribution in [0.4, 0.5) is 24.5 Å². The molecule has 2 aliphatic rings. The van der Waals surface area contributed by atoms with E-state index in [0.29, 0.717) is 4.90 Å². The average molecular weight is 524 g/mol.